The number of benzene rings is 1. The Balaban J connectivity index is 1.57. The summed E-state index contributed by atoms with van der Waals surface area (Å²) in [4.78, 5) is 25.5. The fourth-order valence-electron chi connectivity index (χ4n) is 4.97. The Kier molecular flexibility index (Phi) is 4.40. The van der Waals surface area contributed by atoms with Crippen LogP contribution in [0.25, 0.3) is 10.8 Å². The van der Waals surface area contributed by atoms with Gasteiger partial charge in [-0.25, -0.2) is 9.97 Å². The second-order valence-electron chi connectivity index (χ2n) is 8.54. The van der Waals surface area contributed by atoms with Crippen LogP contribution in [0.15, 0.2) is 18.2 Å². The molecule has 1 fully saturated rings. The van der Waals surface area contributed by atoms with Crippen molar-refractivity contribution >= 4 is 45.6 Å². The van der Waals surface area contributed by atoms with E-state index in [0.717, 1.165) is 6.42 Å². The molecule has 172 valence electrons. The van der Waals surface area contributed by atoms with Crippen LogP contribution in [-0.4, -0.2) is 47.0 Å². The van der Waals surface area contributed by atoms with Crippen LogP contribution in [0.3, 0.4) is 0 Å². The molecule has 1 saturated heterocycles. The summed E-state index contributed by atoms with van der Waals surface area (Å²) in [6, 6.07) is 7.44. The second kappa shape index (κ2) is 7.36. The summed E-state index contributed by atoms with van der Waals surface area (Å²) in [6.45, 7) is 1.09. The highest BCUT2D eigenvalue weighted by Gasteiger charge is 2.36. The number of amides is 1. The van der Waals surface area contributed by atoms with Crippen LogP contribution >= 0.6 is 0 Å². The first kappa shape index (κ1) is 20.3. The summed E-state index contributed by atoms with van der Waals surface area (Å²) in [7, 11) is 0. The van der Waals surface area contributed by atoms with Gasteiger partial charge in [-0.05, 0) is 25.0 Å². The number of piperidine rings is 1. The van der Waals surface area contributed by atoms with Crippen molar-refractivity contribution in [2.45, 2.75) is 25.4 Å². The standard InChI is InChI=1S/C23H21N7O4/c24-8-14-18-13-7-17(32)30(11-3-4-15-16(6-11)34-10-33-15)23(13)28-21(26)19(18)20(25)27-22(14)29-5-1-2-12(31)9-29/h3-4,6,12,31H,1-2,5,7,9-10H2,(H2,25,27)(H2,26,28)/t12-/m1/s1. The van der Waals surface area contributed by atoms with Crippen molar-refractivity contribution in [2.75, 3.05) is 41.1 Å². The van der Waals surface area contributed by atoms with Gasteiger partial charge in [-0.3, -0.25) is 9.69 Å². The lowest BCUT2D eigenvalue weighted by Crippen LogP contribution is -2.39. The van der Waals surface area contributed by atoms with Crippen LogP contribution in [0.1, 0.15) is 24.0 Å². The lowest BCUT2D eigenvalue weighted by molar-refractivity contribution is -0.116. The van der Waals surface area contributed by atoms with E-state index in [1.165, 1.54) is 4.90 Å². The molecule has 1 aromatic carbocycles. The lowest BCUT2D eigenvalue weighted by atomic mass is 9.99. The normalized spacial score (nSPS) is 18.9. The number of nitrogen functional groups attached to an aromatic ring is 2. The van der Waals surface area contributed by atoms with Gasteiger partial charge in [0, 0.05) is 30.1 Å². The first-order valence-electron chi connectivity index (χ1n) is 10.9. The van der Waals surface area contributed by atoms with Crippen LogP contribution < -0.4 is 30.7 Å². The summed E-state index contributed by atoms with van der Waals surface area (Å²) < 4.78 is 10.8. The number of ether oxygens (including phenoxy) is 2. The zero-order chi connectivity index (χ0) is 23.6. The fraction of sp³-hybridized carbons (Fsp3) is 0.304. The summed E-state index contributed by atoms with van der Waals surface area (Å²) in [5.74, 6) is 1.85. The predicted molar refractivity (Wildman–Crippen MR) is 124 cm³/mol. The highest BCUT2D eigenvalue weighted by molar-refractivity contribution is 6.15. The van der Waals surface area contributed by atoms with Crippen molar-refractivity contribution in [3.05, 3.63) is 29.3 Å². The number of nitriles is 1. The average molecular weight is 459 g/mol. The Morgan fingerprint density at radius 2 is 1.88 bits per heavy atom. The van der Waals surface area contributed by atoms with E-state index < -0.39 is 6.10 Å². The first-order valence-corrected chi connectivity index (χ1v) is 10.9. The Morgan fingerprint density at radius 1 is 1.12 bits per heavy atom. The maximum absolute atomic E-state index is 13.2. The van der Waals surface area contributed by atoms with E-state index in [1.54, 1.807) is 18.2 Å². The molecule has 6 rings (SSSR count). The van der Waals surface area contributed by atoms with Crippen LogP contribution in [0, 0.1) is 11.3 Å². The molecule has 3 aliphatic rings. The third kappa shape index (κ3) is 2.89. The molecule has 2 aromatic heterocycles. The van der Waals surface area contributed by atoms with Gasteiger partial charge in [0.2, 0.25) is 12.7 Å². The van der Waals surface area contributed by atoms with Gasteiger partial charge in [0.15, 0.2) is 11.5 Å². The molecule has 5 heterocycles. The molecule has 0 radical (unpaired) electrons. The number of hydrogen-bond donors (Lipinski definition) is 3. The van der Waals surface area contributed by atoms with E-state index in [-0.39, 0.29) is 36.3 Å². The molecule has 0 saturated carbocycles. The molecule has 34 heavy (non-hydrogen) atoms. The smallest absolute Gasteiger partial charge is 0.237 e. The van der Waals surface area contributed by atoms with E-state index >= 15 is 0 Å². The molecule has 5 N–H and O–H groups in total. The van der Waals surface area contributed by atoms with Gasteiger partial charge in [0.25, 0.3) is 0 Å². The van der Waals surface area contributed by atoms with Crippen molar-refractivity contribution in [3.63, 3.8) is 0 Å². The largest absolute Gasteiger partial charge is 0.454 e. The molecule has 3 aromatic rings. The van der Waals surface area contributed by atoms with E-state index in [2.05, 4.69) is 16.0 Å². The number of carbonyl (C=O) groups is 1. The van der Waals surface area contributed by atoms with Crippen molar-refractivity contribution in [1.29, 1.82) is 5.26 Å². The summed E-state index contributed by atoms with van der Waals surface area (Å²) in [5, 5.41) is 21.2. The lowest BCUT2D eigenvalue weighted by Gasteiger charge is -2.32. The molecule has 3 aliphatic heterocycles. The third-order valence-corrected chi connectivity index (χ3v) is 6.47. The topological polar surface area (TPSA) is 164 Å². The first-order chi connectivity index (χ1) is 16.5. The Bertz CT molecular complexity index is 1420. The number of aromatic nitrogens is 2. The maximum atomic E-state index is 13.2. The van der Waals surface area contributed by atoms with Gasteiger partial charge < -0.3 is 30.9 Å². The highest BCUT2D eigenvalue weighted by Crippen LogP contribution is 2.45. The van der Waals surface area contributed by atoms with E-state index in [9.17, 15) is 15.2 Å². The number of nitrogens with zero attached hydrogens (tertiary/aromatic N) is 5. The maximum Gasteiger partial charge on any atom is 0.237 e. The van der Waals surface area contributed by atoms with Crippen molar-refractivity contribution in [1.82, 2.24) is 9.97 Å². The zero-order valence-corrected chi connectivity index (χ0v) is 18.1. The fourth-order valence-corrected chi connectivity index (χ4v) is 4.97. The number of hydrogen-bond acceptors (Lipinski definition) is 10. The molecule has 11 heteroatoms. The molecular weight excluding hydrogens is 438 g/mol. The number of rotatable bonds is 2. The molecule has 1 atom stereocenters. The van der Waals surface area contributed by atoms with Gasteiger partial charge in [0.1, 0.15) is 34.9 Å². The number of fused-ring (bicyclic) bond motifs is 4. The summed E-state index contributed by atoms with van der Waals surface area (Å²) in [5.41, 5.74) is 14.0. The Morgan fingerprint density at radius 3 is 2.65 bits per heavy atom. The third-order valence-electron chi connectivity index (χ3n) is 6.47. The molecule has 11 nitrogen and oxygen atoms in total. The summed E-state index contributed by atoms with van der Waals surface area (Å²) in [6.07, 6.45) is 0.953. The van der Waals surface area contributed by atoms with Gasteiger partial charge >= 0.3 is 0 Å². The minimum Gasteiger partial charge on any atom is -0.454 e. The minimum absolute atomic E-state index is 0.0216. The second-order valence-corrected chi connectivity index (χ2v) is 8.54. The quantitative estimate of drug-likeness (QED) is 0.512. The minimum atomic E-state index is -0.518. The van der Waals surface area contributed by atoms with Gasteiger partial charge in [0.05, 0.1) is 23.6 Å². The van der Waals surface area contributed by atoms with E-state index in [4.69, 9.17) is 20.9 Å². The van der Waals surface area contributed by atoms with E-state index in [1.807, 2.05) is 4.90 Å². The number of pyridine rings is 2. The Hall–Kier alpha value is -4.30. The van der Waals surface area contributed by atoms with Crippen molar-refractivity contribution in [3.8, 4) is 17.6 Å². The average Bonchev–Trinajstić information content (AvgIpc) is 3.41. The van der Waals surface area contributed by atoms with Crippen LogP contribution in [0.4, 0.5) is 29.0 Å². The van der Waals surface area contributed by atoms with Crippen molar-refractivity contribution in [2.24, 2.45) is 0 Å². The number of β-amino-alcohol motifs (C(OH)–C–C–N with tert-alkyl or cyclic N) is 1. The van der Waals surface area contributed by atoms with Gasteiger partial charge in [-0.1, -0.05) is 0 Å². The zero-order valence-electron chi connectivity index (χ0n) is 18.1. The van der Waals surface area contributed by atoms with Crippen molar-refractivity contribution < 1.29 is 19.4 Å². The van der Waals surface area contributed by atoms with Crippen LogP contribution in [0.2, 0.25) is 0 Å². The van der Waals surface area contributed by atoms with E-state index in [0.29, 0.717) is 64.7 Å². The number of aliphatic hydroxyl groups is 1. The van der Waals surface area contributed by atoms with Crippen LogP contribution in [-0.2, 0) is 11.2 Å². The molecular formula is C23H21N7O4. The SMILES string of the molecule is N#Cc1c(N2CCC[C@@H](O)C2)nc(N)c2c(N)nc3c(c12)CC(=O)N3c1ccc2c(c1)OCO2. The molecule has 0 spiro atoms. The highest BCUT2D eigenvalue weighted by atomic mass is 16.7. The predicted octanol–water partition coefficient (Wildman–Crippen LogP) is 1.58. The van der Waals surface area contributed by atoms with Crippen LogP contribution in [0.5, 0.6) is 11.5 Å². The number of nitrogens with two attached hydrogens (primary N) is 2. The molecule has 0 aliphatic carbocycles. The summed E-state index contributed by atoms with van der Waals surface area (Å²) >= 11 is 0. The van der Waals surface area contributed by atoms with Gasteiger partial charge in [-0.2, -0.15) is 5.26 Å². The molecule has 0 bridgehead atoms. The number of carbonyl (C=O) groups excluding carboxylic acids is 1. The number of aliphatic hydroxyl groups excluding tert-OH is 1. The number of anilines is 5. The monoisotopic (exact) mass is 459 g/mol. The Labute approximate surface area is 194 Å². The molecule has 1 amide bonds. The van der Waals surface area contributed by atoms with Gasteiger partial charge in [-0.15, -0.1) is 0 Å². The molecule has 0 unspecified atom stereocenters.